The molecule has 0 spiro atoms. The summed E-state index contributed by atoms with van der Waals surface area (Å²) in [5, 5.41) is 8.65. The van der Waals surface area contributed by atoms with Crippen LogP contribution in [0.25, 0.3) is 0 Å². The number of H-pyrrole nitrogens is 1. The molecule has 0 atom stereocenters. The van der Waals surface area contributed by atoms with Gasteiger partial charge in [0.25, 0.3) is 11.5 Å². The van der Waals surface area contributed by atoms with Gasteiger partial charge in [0.1, 0.15) is 5.56 Å². The Morgan fingerprint density at radius 1 is 1.29 bits per heavy atom. The minimum Gasteiger partial charge on any atom is -0.481 e. The van der Waals surface area contributed by atoms with Gasteiger partial charge in [-0.15, -0.1) is 0 Å². The molecule has 1 aliphatic carbocycles. The van der Waals surface area contributed by atoms with Gasteiger partial charge in [0, 0.05) is 19.3 Å². The third kappa shape index (κ3) is 3.71. The van der Waals surface area contributed by atoms with Crippen LogP contribution in [0.3, 0.4) is 0 Å². The number of rotatable bonds is 4. The van der Waals surface area contributed by atoms with Gasteiger partial charge in [-0.1, -0.05) is 6.42 Å². The molecule has 0 saturated carbocycles. The molecule has 0 fully saturated rings. The maximum Gasteiger partial charge on any atom is 0.305 e. The third-order valence-electron chi connectivity index (χ3n) is 3.83. The summed E-state index contributed by atoms with van der Waals surface area (Å²) in [6.45, 7) is 0.0880. The lowest BCUT2D eigenvalue weighted by Gasteiger charge is -2.16. The number of carbonyl (C=O) groups is 2. The fourth-order valence-corrected chi connectivity index (χ4v) is 2.58. The number of nitrogens with zero attached hydrogens (tertiary/aromatic N) is 1. The average Bonchev–Trinajstić information content (AvgIpc) is 2.67. The van der Waals surface area contributed by atoms with Crippen molar-refractivity contribution < 1.29 is 14.7 Å². The van der Waals surface area contributed by atoms with Gasteiger partial charge >= 0.3 is 5.97 Å². The van der Waals surface area contributed by atoms with E-state index in [1.54, 1.807) is 6.07 Å². The van der Waals surface area contributed by atoms with Gasteiger partial charge in [0.15, 0.2) is 0 Å². The second-order valence-electron chi connectivity index (χ2n) is 5.45. The number of fused-ring (bicyclic) bond motifs is 1. The molecule has 0 aliphatic heterocycles. The molecule has 1 heterocycles. The molecule has 1 aromatic heterocycles. The van der Waals surface area contributed by atoms with Crippen LogP contribution in [0.5, 0.6) is 0 Å². The first-order valence-corrected chi connectivity index (χ1v) is 7.21. The summed E-state index contributed by atoms with van der Waals surface area (Å²) >= 11 is 0. The van der Waals surface area contributed by atoms with Crippen LogP contribution in [-0.4, -0.2) is 40.5 Å². The Morgan fingerprint density at radius 3 is 2.71 bits per heavy atom. The van der Waals surface area contributed by atoms with E-state index in [1.165, 1.54) is 11.9 Å². The summed E-state index contributed by atoms with van der Waals surface area (Å²) in [6.07, 6.45) is 4.80. The minimum absolute atomic E-state index is 0.0880. The molecular formula is C15H20N2O4. The monoisotopic (exact) mass is 292 g/mol. The number of carboxylic acids is 1. The predicted molar refractivity (Wildman–Crippen MR) is 77.5 cm³/mol. The van der Waals surface area contributed by atoms with Crippen LogP contribution in [0.1, 0.15) is 47.3 Å². The number of amides is 1. The molecule has 0 radical (unpaired) electrons. The van der Waals surface area contributed by atoms with Crippen LogP contribution in [-0.2, 0) is 17.6 Å². The summed E-state index contributed by atoms with van der Waals surface area (Å²) < 4.78 is 0. The van der Waals surface area contributed by atoms with Crippen LogP contribution in [0, 0.1) is 0 Å². The van der Waals surface area contributed by atoms with Gasteiger partial charge in [-0.2, -0.15) is 0 Å². The molecule has 1 aliphatic rings. The summed E-state index contributed by atoms with van der Waals surface area (Å²) in [7, 11) is 1.51. The largest absolute Gasteiger partial charge is 0.481 e. The van der Waals surface area contributed by atoms with Crippen molar-refractivity contribution in [2.24, 2.45) is 0 Å². The van der Waals surface area contributed by atoms with Gasteiger partial charge in [0.2, 0.25) is 0 Å². The molecule has 2 rings (SSSR count). The number of hydrogen-bond donors (Lipinski definition) is 2. The van der Waals surface area contributed by atoms with E-state index in [4.69, 9.17) is 5.11 Å². The van der Waals surface area contributed by atoms with Crippen molar-refractivity contribution in [3.8, 4) is 0 Å². The van der Waals surface area contributed by atoms with E-state index in [9.17, 15) is 14.4 Å². The zero-order chi connectivity index (χ0) is 15.4. The molecule has 6 heteroatoms. The first kappa shape index (κ1) is 15.3. The molecule has 0 unspecified atom stereocenters. The smallest absolute Gasteiger partial charge is 0.305 e. The number of aliphatic carboxylic acids is 1. The van der Waals surface area contributed by atoms with E-state index in [2.05, 4.69) is 4.98 Å². The van der Waals surface area contributed by atoms with Crippen LogP contribution in [0.2, 0.25) is 0 Å². The van der Waals surface area contributed by atoms with Gasteiger partial charge in [-0.25, -0.2) is 0 Å². The number of carboxylic acid groups (broad SMARTS) is 1. The highest BCUT2D eigenvalue weighted by molar-refractivity contribution is 5.94. The third-order valence-corrected chi connectivity index (χ3v) is 3.83. The first-order chi connectivity index (χ1) is 9.99. The SMILES string of the molecule is CN(CCC(=O)O)C(=O)c1cc2c([nH]c1=O)CCCCC2. The fourth-order valence-electron chi connectivity index (χ4n) is 2.58. The van der Waals surface area contributed by atoms with E-state index >= 15 is 0 Å². The Kier molecular flexibility index (Phi) is 4.77. The Hall–Kier alpha value is -2.11. The van der Waals surface area contributed by atoms with Crippen molar-refractivity contribution in [2.45, 2.75) is 38.5 Å². The quantitative estimate of drug-likeness (QED) is 0.816. The van der Waals surface area contributed by atoms with E-state index in [1.807, 2.05) is 0 Å². The van der Waals surface area contributed by atoms with Crippen LogP contribution in [0.15, 0.2) is 10.9 Å². The molecule has 1 aromatic rings. The van der Waals surface area contributed by atoms with Crippen LogP contribution < -0.4 is 5.56 Å². The van der Waals surface area contributed by atoms with E-state index in [-0.39, 0.29) is 24.1 Å². The number of aryl methyl sites for hydroxylation is 2. The Bertz CT molecular complexity index is 606. The minimum atomic E-state index is -0.967. The average molecular weight is 292 g/mol. The second kappa shape index (κ2) is 6.56. The highest BCUT2D eigenvalue weighted by atomic mass is 16.4. The van der Waals surface area contributed by atoms with Gasteiger partial charge < -0.3 is 15.0 Å². The first-order valence-electron chi connectivity index (χ1n) is 7.21. The normalized spacial score (nSPS) is 14.1. The number of pyridine rings is 1. The molecule has 0 aromatic carbocycles. The van der Waals surface area contributed by atoms with Crippen LogP contribution in [0.4, 0.5) is 0 Å². The molecular weight excluding hydrogens is 272 g/mol. The molecule has 0 bridgehead atoms. The van der Waals surface area contributed by atoms with Crippen molar-refractivity contribution in [2.75, 3.05) is 13.6 Å². The number of aromatic nitrogens is 1. The van der Waals surface area contributed by atoms with Crippen molar-refractivity contribution in [3.63, 3.8) is 0 Å². The second-order valence-corrected chi connectivity index (χ2v) is 5.45. The van der Waals surface area contributed by atoms with Crippen molar-refractivity contribution in [3.05, 3.63) is 33.2 Å². The van der Waals surface area contributed by atoms with E-state index in [0.717, 1.165) is 43.4 Å². The van der Waals surface area contributed by atoms with Gasteiger partial charge in [-0.3, -0.25) is 14.4 Å². The van der Waals surface area contributed by atoms with E-state index in [0.29, 0.717) is 0 Å². The van der Waals surface area contributed by atoms with Crippen molar-refractivity contribution in [1.82, 2.24) is 9.88 Å². The van der Waals surface area contributed by atoms with Gasteiger partial charge in [0.05, 0.1) is 6.42 Å². The highest BCUT2D eigenvalue weighted by Crippen LogP contribution is 2.18. The van der Waals surface area contributed by atoms with Crippen molar-refractivity contribution >= 4 is 11.9 Å². The standard InChI is InChI=1S/C15H20N2O4/c1-17(8-7-13(18)19)15(21)11-9-10-5-3-2-4-6-12(10)16-14(11)20/h9H,2-8H2,1H3,(H,16,20)(H,18,19). The van der Waals surface area contributed by atoms with E-state index < -0.39 is 11.9 Å². The number of aromatic amines is 1. The Morgan fingerprint density at radius 2 is 2.00 bits per heavy atom. The lowest BCUT2D eigenvalue weighted by molar-refractivity contribution is -0.137. The fraction of sp³-hybridized carbons (Fsp3) is 0.533. The lowest BCUT2D eigenvalue weighted by atomic mass is 10.1. The molecule has 0 saturated heterocycles. The molecule has 21 heavy (non-hydrogen) atoms. The predicted octanol–water partition coefficient (Wildman–Crippen LogP) is 1.19. The molecule has 2 N–H and O–H groups in total. The van der Waals surface area contributed by atoms with Gasteiger partial charge in [-0.05, 0) is 37.3 Å². The summed E-state index contributed by atoms with van der Waals surface area (Å²) in [6, 6.07) is 1.68. The summed E-state index contributed by atoms with van der Waals surface area (Å²) in [4.78, 5) is 39.0. The van der Waals surface area contributed by atoms with Crippen molar-refractivity contribution in [1.29, 1.82) is 0 Å². The topological polar surface area (TPSA) is 90.5 Å². The zero-order valence-corrected chi connectivity index (χ0v) is 12.1. The summed E-state index contributed by atoms with van der Waals surface area (Å²) in [5.74, 6) is -1.39. The molecule has 1 amide bonds. The van der Waals surface area contributed by atoms with Crippen LogP contribution >= 0.6 is 0 Å². The number of carbonyl (C=O) groups excluding carboxylic acids is 1. The maximum atomic E-state index is 12.3. The Labute approximate surface area is 122 Å². The zero-order valence-electron chi connectivity index (χ0n) is 12.1. The maximum absolute atomic E-state index is 12.3. The Balaban J connectivity index is 2.23. The summed E-state index contributed by atoms with van der Waals surface area (Å²) in [5.41, 5.74) is 1.68. The highest BCUT2D eigenvalue weighted by Gasteiger charge is 2.19. The number of nitrogens with one attached hydrogen (secondary N) is 1. The lowest BCUT2D eigenvalue weighted by Crippen LogP contribution is -2.33. The molecule has 6 nitrogen and oxygen atoms in total. The number of hydrogen-bond acceptors (Lipinski definition) is 3. The molecule has 114 valence electrons.